The third-order valence-electron chi connectivity index (χ3n) is 7.20. The summed E-state index contributed by atoms with van der Waals surface area (Å²) in [4.78, 5) is 29.7. The number of nitrogens with zero attached hydrogens (tertiary/aromatic N) is 2. The number of ether oxygens (including phenoxy) is 1. The number of carbonyl (C=O) groups excluding carboxylic acids is 2. The first-order valence-corrected chi connectivity index (χ1v) is 16.9. The summed E-state index contributed by atoms with van der Waals surface area (Å²) >= 11 is 13.1. The van der Waals surface area contributed by atoms with Gasteiger partial charge in [-0.15, -0.1) is 0 Å². The summed E-state index contributed by atoms with van der Waals surface area (Å²) in [6.07, 6.45) is 0.109. The van der Waals surface area contributed by atoms with E-state index >= 15 is 0 Å². The molecule has 0 aromatic heterocycles. The van der Waals surface area contributed by atoms with Crippen molar-refractivity contribution in [3.05, 3.63) is 124 Å². The summed E-state index contributed by atoms with van der Waals surface area (Å²) < 4.78 is 48.3. The predicted octanol–water partition coefficient (Wildman–Crippen LogP) is 6.89. The molecule has 0 aliphatic heterocycles. The lowest BCUT2D eigenvalue weighted by atomic mass is 10.0. The molecule has 4 aromatic carbocycles. The standard InChI is InChI=1S/C35H36Cl2FN3O5S/c1-35(2,3)39-34(43)32(21-24-9-6-5-7-10-24)40(22-29-30(36)11-8-12-31(29)37)33(42)23-41(26-15-13-25(38)14-16-26)47(44,45)28-19-17-27(46-4)18-20-28/h5-20,32H,21-23H2,1-4H3,(H,39,43)/t32-/m1/s1. The van der Waals surface area contributed by atoms with Crippen molar-refractivity contribution in [1.82, 2.24) is 10.2 Å². The molecule has 8 nitrogen and oxygen atoms in total. The summed E-state index contributed by atoms with van der Waals surface area (Å²) in [7, 11) is -2.94. The molecule has 0 saturated carbocycles. The average Bonchev–Trinajstić information content (AvgIpc) is 3.02. The molecule has 1 N–H and O–H groups in total. The minimum atomic E-state index is -4.39. The Labute approximate surface area is 285 Å². The van der Waals surface area contributed by atoms with Gasteiger partial charge in [-0.1, -0.05) is 59.6 Å². The molecule has 1 atom stereocenters. The third kappa shape index (κ3) is 9.24. The van der Waals surface area contributed by atoms with Gasteiger partial charge in [0.2, 0.25) is 11.8 Å². The van der Waals surface area contributed by atoms with Crippen LogP contribution in [0.25, 0.3) is 0 Å². The van der Waals surface area contributed by atoms with Gasteiger partial charge in [0.1, 0.15) is 24.2 Å². The number of carbonyl (C=O) groups is 2. The average molecular weight is 701 g/mol. The zero-order chi connectivity index (χ0) is 34.4. The third-order valence-corrected chi connectivity index (χ3v) is 9.70. The lowest BCUT2D eigenvalue weighted by Gasteiger charge is -2.35. The van der Waals surface area contributed by atoms with Crippen LogP contribution in [0.4, 0.5) is 10.1 Å². The van der Waals surface area contributed by atoms with E-state index in [9.17, 15) is 22.4 Å². The van der Waals surface area contributed by atoms with Gasteiger partial charge < -0.3 is 15.0 Å². The van der Waals surface area contributed by atoms with Crippen molar-refractivity contribution in [3.8, 4) is 5.75 Å². The van der Waals surface area contributed by atoms with Gasteiger partial charge in [0.25, 0.3) is 10.0 Å². The summed E-state index contributed by atoms with van der Waals surface area (Å²) in [5, 5.41) is 3.50. The molecule has 0 fully saturated rings. The van der Waals surface area contributed by atoms with Gasteiger partial charge in [-0.2, -0.15) is 0 Å². The molecule has 12 heteroatoms. The summed E-state index contributed by atoms with van der Waals surface area (Å²) in [5.41, 5.74) is 0.550. The van der Waals surface area contributed by atoms with Crippen LogP contribution in [0.3, 0.4) is 0 Å². The molecule has 0 spiro atoms. The van der Waals surface area contributed by atoms with Crippen molar-refractivity contribution >= 4 is 50.7 Å². The Kier molecular flexibility index (Phi) is 11.5. The zero-order valence-corrected chi connectivity index (χ0v) is 28.7. The Hall–Kier alpha value is -4.12. The molecular formula is C35H36Cl2FN3O5S. The van der Waals surface area contributed by atoms with E-state index in [4.69, 9.17) is 27.9 Å². The van der Waals surface area contributed by atoms with E-state index in [0.717, 1.165) is 22.0 Å². The van der Waals surface area contributed by atoms with Crippen LogP contribution >= 0.6 is 23.2 Å². The van der Waals surface area contributed by atoms with E-state index in [1.165, 1.54) is 48.4 Å². The van der Waals surface area contributed by atoms with Gasteiger partial charge in [-0.05, 0) is 87.0 Å². The fourth-order valence-electron chi connectivity index (χ4n) is 4.87. The lowest BCUT2D eigenvalue weighted by Crippen LogP contribution is -2.56. The van der Waals surface area contributed by atoms with Gasteiger partial charge in [0, 0.05) is 34.1 Å². The number of methoxy groups -OCH3 is 1. The van der Waals surface area contributed by atoms with Crippen molar-refractivity contribution in [2.75, 3.05) is 18.0 Å². The topological polar surface area (TPSA) is 96.0 Å². The van der Waals surface area contributed by atoms with Crippen LogP contribution in [-0.4, -0.2) is 50.4 Å². The van der Waals surface area contributed by atoms with E-state index in [0.29, 0.717) is 11.3 Å². The summed E-state index contributed by atoms with van der Waals surface area (Å²) in [6.45, 7) is 4.53. The Balaban J connectivity index is 1.85. The molecule has 0 unspecified atom stereocenters. The van der Waals surface area contributed by atoms with Crippen LogP contribution in [0.5, 0.6) is 5.75 Å². The van der Waals surface area contributed by atoms with E-state index in [1.807, 2.05) is 51.1 Å². The van der Waals surface area contributed by atoms with Crippen LogP contribution in [0.2, 0.25) is 10.0 Å². The number of benzene rings is 4. The largest absolute Gasteiger partial charge is 0.497 e. The van der Waals surface area contributed by atoms with Gasteiger partial charge in [0.05, 0.1) is 17.7 Å². The number of rotatable bonds is 12. The Morgan fingerprint density at radius 3 is 2.02 bits per heavy atom. The molecule has 0 radical (unpaired) electrons. The number of nitrogens with one attached hydrogen (secondary N) is 1. The van der Waals surface area contributed by atoms with Crippen molar-refractivity contribution in [1.29, 1.82) is 0 Å². The normalized spacial score (nSPS) is 12.2. The molecule has 0 aliphatic rings. The van der Waals surface area contributed by atoms with Gasteiger partial charge in [0.15, 0.2) is 0 Å². The molecule has 4 aromatic rings. The molecule has 2 amide bonds. The zero-order valence-electron chi connectivity index (χ0n) is 26.4. The molecule has 0 bridgehead atoms. The monoisotopic (exact) mass is 699 g/mol. The number of hydrogen-bond acceptors (Lipinski definition) is 5. The minimum Gasteiger partial charge on any atom is -0.497 e. The first kappa shape index (κ1) is 35.7. The highest BCUT2D eigenvalue weighted by atomic mass is 35.5. The minimum absolute atomic E-state index is 0.0463. The van der Waals surface area contributed by atoms with E-state index < -0.39 is 45.8 Å². The molecule has 47 heavy (non-hydrogen) atoms. The molecule has 248 valence electrons. The summed E-state index contributed by atoms with van der Waals surface area (Å²) in [5.74, 6) is -1.32. The smallest absolute Gasteiger partial charge is 0.264 e. The van der Waals surface area contributed by atoms with E-state index in [2.05, 4.69) is 5.32 Å². The predicted molar refractivity (Wildman–Crippen MR) is 183 cm³/mol. The highest BCUT2D eigenvalue weighted by Gasteiger charge is 2.36. The van der Waals surface area contributed by atoms with Crippen LogP contribution in [-0.2, 0) is 32.6 Å². The van der Waals surface area contributed by atoms with Crippen LogP contribution < -0.4 is 14.4 Å². The highest BCUT2D eigenvalue weighted by molar-refractivity contribution is 7.92. The van der Waals surface area contributed by atoms with Crippen molar-refractivity contribution in [2.24, 2.45) is 0 Å². The Bertz CT molecular complexity index is 1780. The second-order valence-corrected chi connectivity index (χ2v) is 14.5. The Morgan fingerprint density at radius 1 is 0.872 bits per heavy atom. The van der Waals surface area contributed by atoms with Crippen LogP contribution in [0.15, 0.2) is 102 Å². The molecular weight excluding hydrogens is 664 g/mol. The maximum Gasteiger partial charge on any atom is 0.264 e. The maximum absolute atomic E-state index is 14.6. The van der Waals surface area contributed by atoms with Crippen LogP contribution in [0, 0.1) is 5.82 Å². The second kappa shape index (κ2) is 15.2. The van der Waals surface area contributed by atoms with E-state index in [-0.39, 0.29) is 33.6 Å². The number of sulfonamides is 1. The molecule has 4 rings (SSSR count). The lowest BCUT2D eigenvalue weighted by molar-refractivity contribution is -0.140. The van der Waals surface area contributed by atoms with E-state index in [1.54, 1.807) is 18.2 Å². The van der Waals surface area contributed by atoms with Gasteiger partial charge >= 0.3 is 0 Å². The highest BCUT2D eigenvalue weighted by Crippen LogP contribution is 2.29. The molecule has 0 saturated heterocycles. The Morgan fingerprint density at radius 2 is 1.47 bits per heavy atom. The number of hydrogen-bond donors (Lipinski definition) is 1. The van der Waals surface area contributed by atoms with Crippen molar-refractivity contribution in [3.63, 3.8) is 0 Å². The fourth-order valence-corrected chi connectivity index (χ4v) is 6.80. The second-order valence-electron chi connectivity index (χ2n) is 11.8. The molecule has 0 aliphatic carbocycles. The SMILES string of the molecule is COc1ccc(S(=O)(=O)N(CC(=O)N(Cc2c(Cl)cccc2Cl)[C@H](Cc2ccccc2)C(=O)NC(C)(C)C)c2ccc(F)cc2)cc1. The number of amides is 2. The van der Waals surface area contributed by atoms with Gasteiger partial charge in [-0.25, -0.2) is 12.8 Å². The fraction of sp³-hybridized carbons (Fsp3) is 0.257. The maximum atomic E-state index is 14.6. The van der Waals surface area contributed by atoms with Crippen molar-refractivity contribution < 1.29 is 27.1 Å². The van der Waals surface area contributed by atoms with Crippen LogP contribution in [0.1, 0.15) is 31.9 Å². The van der Waals surface area contributed by atoms with Crippen molar-refractivity contribution in [2.45, 2.75) is 50.2 Å². The summed E-state index contributed by atoms with van der Waals surface area (Å²) in [6, 6.07) is 23.4. The van der Waals surface area contributed by atoms with Gasteiger partial charge in [-0.3, -0.25) is 13.9 Å². The first-order valence-electron chi connectivity index (χ1n) is 14.7. The first-order chi connectivity index (χ1) is 22.2. The molecule has 0 heterocycles. The quantitative estimate of drug-likeness (QED) is 0.174. The number of halogens is 3. The number of anilines is 1.